The first-order chi connectivity index (χ1) is 9.70. The highest BCUT2D eigenvalue weighted by molar-refractivity contribution is 9.10. The fourth-order valence-electron chi connectivity index (χ4n) is 1.60. The number of anilines is 1. The molecule has 2 aromatic rings. The van der Waals surface area contributed by atoms with Crippen molar-refractivity contribution in [3.05, 3.63) is 56.5 Å². The fraction of sp³-hybridized carbons (Fsp3) is 0.0769. The van der Waals surface area contributed by atoms with Gasteiger partial charge in [0.2, 0.25) is 0 Å². The Balaban J connectivity index is 2.42. The SMILES string of the molecule is Cc1cc(F)c(Br)cc1NS(=O)(=O)c1ccc(Br)c(F)c1. The quantitative estimate of drug-likeness (QED) is 0.758. The third-order valence-corrected chi connectivity index (χ3v) is 5.33. The number of hydrogen-bond acceptors (Lipinski definition) is 2. The maximum Gasteiger partial charge on any atom is 0.262 e. The van der Waals surface area contributed by atoms with Gasteiger partial charge >= 0.3 is 0 Å². The van der Waals surface area contributed by atoms with Crippen molar-refractivity contribution in [3.63, 3.8) is 0 Å². The van der Waals surface area contributed by atoms with E-state index in [-0.39, 0.29) is 19.5 Å². The first-order valence-electron chi connectivity index (χ1n) is 5.64. The number of rotatable bonds is 3. The van der Waals surface area contributed by atoms with Crippen LogP contribution in [0.4, 0.5) is 14.5 Å². The van der Waals surface area contributed by atoms with E-state index in [1.165, 1.54) is 24.3 Å². The van der Waals surface area contributed by atoms with Crippen molar-refractivity contribution in [2.45, 2.75) is 11.8 Å². The predicted molar refractivity (Wildman–Crippen MR) is 83.7 cm³/mol. The van der Waals surface area contributed by atoms with Gasteiger partial charge in [-0.05, 0) is 74.7 Å². The van der Waals surface area contributed by atoms with Crippen molar-refractivity contribution < 1.29 is 17.2 Å². The fourth-order valence-corrected chi connectivity index (χ4v) is 3.33. The van der Waals surface area contributed by atoms with Crippen LogP contribution in [0.3, 0.4) is 0 Å². The highest BCUT2D eigenvalue weighted by Gasteiger charge is 2.18. The Hall–Kier alpha value is -0.990. The van der Waals surface area contributed by atoms with Crippen LogP contribution in [0.2, 0.25) is 0 Å². The molecule has 1 N–H and O–H groups in total. The van der Waals surface area contributed by atoms with E-state index in [2.05, 4.69) is 36.6 Å². The summed E-state index contributed by atoms with van der Waals surface area (Å²) in [4.78, 5) is -0.219. The molecule has 0 unspecified atom stereocenters. The van der Waals surface area contributed by atoms with Crippen LogP contribution in [0.5, 0.6) is 0 Å². The highest BCUT2D eigenvalue weighted by atomic mass is 79.9. The number of sulfonamides is 1. The predicted octanol–water partition coefficient (Wildman–Crippen LogP) is 4.60. The van der Waals surface area contributed by atoms with E-state index < -0.39 is 21.7 Å². The number of hydrogen-bond donors (Lipinski definition) is 1. The molecule has 0 saturated heterocycles. The molecule has 2 aromatic carbocycles. The standard InChI is InChI=1S/C13H9Br2F2NO2S/c1-7-4-11(16)10(15)6-13(7)18-21(19,20)8-2-3-9(14)12(17)5-8/h2-6,18H,1H3. The first-order valence-corrected chi connectivity index (χ1v) is 8.71. The minimum absolute atomic E-state index is 0.132. The van der Waals surface area contributed by atoms with Gasteiger partial charge in [0.05, 0.1) is 19.5 Å². The molecule has 0 heterocycles. The summed E-state index contributed by atoms with van der Waals surface area (Å²) in [5.41, 5.74) is 0.628. The van der Waals surface area contributed by atoms with Crippen molar-refractivity contribution in [1.29, 1.82) is 0 Å². The lowest BCUT2D eigenvalue weighted by atomic mass is 10.2. The summed E-state index contributed by atoms with van der Waals surface area (Å²) in [6, 6.07) is 5.99. The van der Waals surface area contributed by atoms with Gasteiger partial charge < -0.3 is 0 Å². The van der Waals surface area contributed by atoms with Crippen molar-refractivity contribution in [1.82, 2.24) is 0 Å². The van der Waals surface area contributed by atoms with Crippen molar-refractivity contribution >= 4 is 47.6 Å². The largest absolute Gasteiger partial charge is 0.279 e. The molecule has 0 amide bonds. The monoisotopic (exact) mass is 439 g/mol. The van der Waals surface area contributed by atoms with E-state index in [0.29, 0.717) is 5.56 Å². The number of nitrogens with one attached hydrogen (secondary N) is 1. The molecular weight excluding hydrogens is 432 g/mol. The molecule has 0 aromatic heterocycles. The van der Waals surface area contributed by atoms with Crippen LogP contribution in [0.25, 0.3) is 0 Å². The smallest absolute Gasteiger partial charge is 0.262 e. The molecule has 0 radical (unpaired) electrons. The molecule has 0 atom stereocenters. The summed E-state index contributed by atoms with van der Waals surface area (Å²) in [6.45, 7) is 1.57. The van der Waals surface area contributed by atoms with Crippen LogP contribution in [-0.4, -0.2) is 8.42 Å². The Labute approximate surface area is 137 Å². The third kappa shape index (κ3) is 3.61. The second kappa shape index (κ2) is 6.02. The minimum Gasteiger partial charge on any atom is -0.279 e. The number of aryl methyl sites for hydroxylation is 1. The first kappa shape index (κ1) is 16.4. The molecule has 0 aliphatic heterocycles. The Kier molecular flexibility index (Phi) is 4.69. The summed E-state index contributed by atoms with van der Waals surface area (Å²) in [5.74, 6) is -1.18. The van der Waals surface area contributed by atoms with Crippen LogP contribution >= 0.6 is 31.9 Å². The molecule has 112 valence electrons. The van der Waals surface area contributed by atoms with Crippen LogP contribution in [0, 0.1) is 18.6 Å². The van der Waals surface area contributed by atoms with Gasteiger partial charge in [0.1, 0.15) is 11.6 Å². The summed E-state index contributed by atoms with van der Waals surface area (Å²) in [7, 11) is -3.96. The molecule has 0 spiro atoms. The lowest BCUT2D eigenvalue weighted by Gasteiger charge is -2.12. The third-order valence-electron chi connectivity index (χ3n) is 2.71. The maximum atomic E-state index is 13.4. The van der Waals surface area contributed by atoms with Crippen LogP contribution < -0.4 is 4.72 Å². The van der Waals surface area contributed by atoms with Gasteiger partial charge in [-0.1, -0.05) is 0 Å². The molecule has 0 fully saturated rings. The molecule has 0 saturated carbocycles. The van der Waals surface area contributed by atoms with Crippen molar-refractivity contribution in [2.24, 2.45) is 0 Å². The zero-order valence-electron chi connectivity index (χ0n) is 10.6. The van der Waals surface area contributed by atoms with Gasteiger partial charge in [-0.15, -0.1) is 0 Å². The van der Waals surface area contributed by atoms with E-state index in [1.807, 2.05) is 0 Å². The molecule has 0 aliphatic rings. The number of halogens is 4. The minimum atomic E-state index is -3.96. The molecule has 2 rings (SSSR count). The molecule has 0 bridgehead atoms. The normalized spacial score (nSPS) is 11.5. The maximum absolute atomic E-state index is 13.4. The van der Waals surface area contributed by atoms with Crippen LogP contribution in [0.1, 0.15) is 5.56 Å². The molecule has 0 aliphatic carbocycles. The topological polar surface area (TPSA) is 46.2 Å². The summed E-state index contributed by atoms with van der Waals surface area (Å²) in [5, 5.41) is 0. The molecule has 3 nitrogen and oxygen atoms in total. The van der Waals surface area contributed by atoms with E-state index in [4.69, 9.17) is 0 Å². The van der Waals surface area contributed by atoms with E-state index >= 15 is 0 Å². The zero-order valence-corrected chi connectivity index (χ0v) is 14.6. The van der Waals surface area contributed by atoms with Gasteiger partial charge in [0, 0.05) is 0 Å². The second-order valence-electron chi connectivity index (χ2n) is 4.26. The Bertz CT molecular complexity index is 810. The van der Waals surface area contributed by atoms with Gasteiger partial charge in [-0.25, -0.2) is 17.2 Å². The van der Waals surface area contributed by atoms with Gasteiger partial charge in [-0.3, -0.25) is 4.72 Å². The zero-order chi connectivity index (χ0) is 15.8. The van der Waals surface area contributed by atoms with E-state index in [9.17, 15) is 17.2 Å². The average molecular weight is 441 g/mol. The lowest BCUT2D eigenvalue weighted by Crippen LogP contribution is -2.14. The van der Waals surface area contributed by atoms with E-state index in [0.717, 1.165) is 6.07 Å². The second-order valence-corrected chi connectivity index (χ2v) is 7.65. The molecule has 21 heavy (non-hydrogen) atoms. The number of benzene rings is 2. The Morgan fingerprint density at radius 3 is 2.24 bits per heavy atom. The highest BCUT2D eigenvalue weighted by Crippen LogP contribution is 2.27. The van der Waals surface area contributed by atoms with Gasteiger partial charge in [-0.2, -0.15) is 0 Å². The van der Waals surface area contributed by atoms with Crippen LogP contribution in [-0.2, 0) is 10.0 Å². The molecular formula is C13H9Br2F2NO2S. The summed E-state index contributed by atoms with van der Waals surface area (Å²) >= 11 is 5.94. The van der Waals surface area contributed by atoms with Gasteiger partial charge in [0.25, 0.3) is 10.0 Å². The summed E-state index contributed by atoms with van der Waals surface area (Å²) in [6.07, 6.45) is 0. The Morgan fingerprint density at radius 2 is 1.62 bits per heavy atom. The Morgan fingerprint density at radius 1 is 1.00 bits per heavy atom. The lowest BCUT2D eigenvalue weighted by molar-refractivity contribution is 0.593. The van der Waals surface area contributed by atoms with Gasteiger partial charge in [0.15, 0.2) is 0 Å². The van der Waals surface area contributed by atoms with E-state index in [1.54, 1.807) is 6.92 Å². The van der Waals surface area contributed by atoms with Crippen LogP contribution in [0.15, 0.2) is 44.2 Å². The van der Waals surface area contributed by atoms with Crippen molar-refractivity contribution in [2.75, 3.05) is 4.72 Å². The van der Waals surface area contributed by atoms with Crippen molar-refractivity contribution in [3.8, 4) is 0 Å². The summed E-state index contributed by atoms with van der Waals surface area (Å²) < 4.78 is 53.8. The molecule has 8 heteroatoms. The average Bonchev–Trinajstić information content (AvgIpc) is 2.39.